The van der Waals surface area contributed by atoms with E-state index >= 15 is 0 Å². The van der Waals surface area contributed by atoms with Gasteiger partial charge in [-0.05, 0) is 36.6 Å². The van der Waals surface area contributed by atoms with Crippen molar-refractivity contribution in [1.82, 2.24) is 14.5 Å². The van der Waals surface area contributed by atoms with E-state index in [0.717, 1.165) is 29.4 Å². The molecule has 1 aliphatic rings. The van der Waals surface area contributed by atoms with Gasteiger partial charge in [0.2, 0.25) is 0 Å². The first-order valence-corrected chi connectivity index (χ1v) is 7.09. The smallest absolute Gasteiger partial charge is 0.152 e. The first-order chi connectivity index (χ1) is 10.3. The van der Waals surface area contributed by atoms with Crippen LogP contribution in [-0.4, -0.2) is 14.5 Å². The summed E-state index contributed by atoms with van der Waals surface area (Å²) in [6, 6.07) is 8.12. The number of pyridine rings is 1. The van der Waals surface area contributed by atoms with Crippen LogP contribution < -0.4 is 5.73 Å². The lowest BCUT2D eigenvalue weighted by Gasteiger charge is -2.08. The van der Waals surface area contributed by atoms with Gasteiger partial charge in [0.05, 0.1) is 22.8 Å². The van der Waals surface area contributed by atoms with Gasteiger partial charge in [-0.25, -0.2) is 9.37 Å². The summed E-state index contributed by atoms with van der Waals surface area (Å²) in [5.74, 6) is 0.343. The van der Waals surface area contributed by atoms with Gasteiger partial charge in [-0.2, -0.15) is 0 Å². The van der Waals surface area contributed by atoms with E-state index in [1.54, 1.807) is 12.3 Å². The Morgan fingerprint density at radius 1 is 1.29 bits per heavy atom. The molecule has 4 nitrogen and oxygen atoms in total. The molecule has 0 unspecified atom stereocenters. The summed E-state index contributed by atoms with van der Waals surface area (Å²) in [7, 11) is 0. The van der Waals surface area contributed by atoms with Crippen LogP contribution in [0, 0.1) is 5.82 Å². The van der Waals surface area contributed by atoms with E-state index in [0.29, 0.717) is 24.0 Å². The molecule has 106 valence electrons. The molecule has 0 amide bonds. The Bertz CT molecular complexity index is 820. The Hall–Kier alpha value is -2.27. The normalized spacial score (nSPS) is 14.8. The maximum absolute atomic E-state index is 14.1. The average Bonchev–Trinajstić information content (AvgIpc) is 3.27. The Kier molecular flexibility index (Phi) is 2.75. The van der Waals surface area contributed by atoms with Crippen molar-refractivity contribution in [3.8, 4) is 11.4 Å². The number of rotatable bonds is 3. The molecule has 1 fully saturated rings. The number of halogens is 1. The molecule has 2 heterocycles. The van der Waals surface area contributed by atoms with Gasteiger partial charge in [0.1, 0.15) is 5.82 Å². The van der Waals surface area contributed by atoms with Gasteiger partial charge >= 0.3 is 0 Å². The van der Waals surface area contributed by atoms with E-state index in [1.807, 2.05) is 18.2 Å². The molecule has 0 radical (unpaired) electrons. The van der Waals surface area contributed by atoms with Gasteiger partial charge in [-0.3, -0.25) is 4.98 Å². The zero-order valence-corrected chi connectivity index (χ0v) is 11.5. The molecule has 0 spiro atoms. The van der Waals surface area contributed by atoms with Crippen LogP contribution in [-0.2, 0) is 6.54 Å². The fourth-order valence-corrected chi connectivity index (χ4v) is 2.72. The van der Waals surface area contributed by atoms with Crippen molar-refractivity contribution < 1.29 is 4.39 Å². The van der Waals surface area contributed by atoms with Crippen LogP contribution in [0.25, 0.3) is 22.4 Å². The standard InChI is InChI=1S/C16H15FN4/c17-13-9-19-6-5-12(13)16-20-14-7-10(8-18)1-4-15(14)21(16)11-2-3-11/h1,4-7,9,11H,2-3,8,18H2. The fourth-order valence-electron chi connectivity index (χ4n) is 2.72. The van der Waals surface area contributed by atoms with Crippen molar-refractivity contribution in [2.24, 2.45) is 5.73 Å². The number of nitrogens with two attached hydrogens (primary N) is 1. The van der Waals surface area contributed by atoms with Gasteiger partial charge in [0.25, 0.3) is 0 Å². The van der Waals surface area contributed by atoms with E-state index in [4.69, 9.17) is 5.73 Å². The Labute approximate surface area is 121 Å². The lowest BCUT2D eigenvalue weighted by molar-refractivity contribution is 0.621. The summed E-state index contributed by atoms with van der Waals surface area (Å²) in [6.45, 7) is 0.477. The first kappa shape index (κ1) is 12.5. The molecule has 1 saturated carbocycles. The van der Waals surface area contributed by atoms with Crippen molar-refractivity contribution in [3.05, 3.63) is 48.0 Å². The number of aromatic nitrogens is 3. The number of imidazole rings is 1. The number of nitrogens with zero attached hydrogens (tertiary/aromatic N) is 3. The molecule has 3 aromatic rings. The molecule has 2 aromatic heterocycles. The number of hydrogen-bond donors (Lipinski definition) is 1. The van der Waals surface area contributed by atoms with Gasteiger partial charge in [-0.1, -0.05) is 6.07 Å². The summed E-state index contributed by atoms with van der Waals surface area (Å²) < 4.78 is 16.2. The summed E-state index contributed by atoms with van der Waals surface area (Å²) in [5.41, 5.74) is 9.14. The minimum Gasteiger partial charge on any atom is -0.326 e. The van der Waals surface area contributed by atoms with Crippen molar-refractivity contribution in [2.75, 3.05) is 0 Å². The average molecular weight is 282 g/mol. The van der Waals surface area contributed by atoms with Crippen molar-refractivity contribution in [1.29, 1.82) is 0 Å². The quantitative estimate of drug-likeness (QED) is 0.803. The van der Waals surface area contributed by atoms with Gasteiger partial charge < -0.3 is 10.3 Å². The SMILES string of the molecule is NCc1ccc2c(c1)nc(-c1ccncc1F)n2C1CC1. The maximum atomic E-state index is 14.1. The summed E-state index contributed by atoms with van der Waals surface area (Å²) in [5, 5.41) is 0. The minimum atomic E-state index is -0.339. The lowest BCUT2D eigenvalue weighted by atomic mass is 10.2. The highest BCUT2D eigenvalue weighted by atomic mass is 19.1. The van der Waals surface area contributed by atoms with Crippen LogP contribution in [0.2, 0.25) is 0 Å². The monoisotopic (exact) mass is 282 g/mol. The Morgan fingerprint density at radius 2 is 2.14 bits per heavy atom. The summed E-state index contributed by atoms with van der Waals surface area (Å²) >= 11 is 0. The van der Waals surface area contributed by atoms with E-state index in [-0.39, 0.29) is 5.82 Å². The molecule has 0 saturated heterocycles. The number of hydrogen-bond acceptors (Lipinski definition) is 3. The number of benzene rings is 1. The van der Waals surface area contributed by atoms with Crippen LogP contribution >= 0.6 is 0 Å². The zero-order chi connectivity index (χ0) is 14.4. The van der Waals surface area contributed by atoms with Crippen molar-refractivity contribution >= 4 is 11.0 Å². The second kappa shape index (κ2) is 4.63. The third kappa shape index (κ3) is 2.01. The summed E-state index contributed by atoms with van der Waals surface area (Å²) in [6.07, 6.45) is 5.06. The maximum Gasteiger partial charge on any atom is 0.152 e. The van der Waals surface area contributed by atoms with E-state index in [9.17, 15) is 4.39 Å². The summed E-state index contributed by atoms with van der Waals surface area (Å²) in [4.78, 5) is 8.47. The molecule has 0 atom stereocenters. The Balaban J connectivity index is 1.99. The second-order valence-corrected chi connectivity index (χ2v) is 5.42. The minimum absolute atomic E-state index is 0.339. The topological polar surface area (TPSA) is 56.7 Å². The molecule has 2 N–H and O–H groups in total. The molecule has 0 bridgehead atoms. The predicted octanol–water partition coefficient (Wildman–Crippen LogP) is 3.03. The van der Waals surface area contributed by atoms with Crippen LogP contribution in [0.5, 0.6) is 0 Å². The third-order valence-corrected chi connectivity index (χ3v) is 3.91. The van der Waals surface area contributed by atoms with E-state index in [1.165, 1.54) is 6.20 Å². The highest BCUT2D eigenvalue weighted by Crippen LogP contribution is 2.41. The van der Waals surface area contributed by atoms with E-state index < -0.39 is 0 Å². The third-order valence-electron chi connectivity index (χ3n) is 3.91. The first-order valence-electron chi connectivity index (χ1n) is 7.09. The van der Waals surface area contributed by atoms with E-state index in [2.05, 4.69) is 14.5 Å². The largest absolute Gasteiger partial charge is 0.326 e. The van der Waals surface area contributed by atoms with Crippen molar-refractivity contribution in [3.63, 3.8) is 0 Å². The van der Waals surface area contributed by atoms with Gasteiger partial charge in [0.15, 0.2) is 5.82 Å². The molecular weight excluding hydrogens is 267 g/mol. The van der Waals surface area contributed by atoms with Gasteiger partial charge in [0, 0.05) is 18.8 Å². The van der Waals surface area contributed by atoms with Crippen LogP contribution in [0.3, 0.4) is 0 Å². The molecule has 1 aliphatic carbocycles. The molecule has 0 aliphatic heterocycles. The fraction of sp³-hybridized carbons (Fsp3) is 0.250. The zero-order valence-electron chi connectivity index (χ0n) is 11.5. The molecule has 4 rings (SSSR count). The second-order valence-electron chi connectivity index (χ2n) is 5.42. The predicted molar refractivity (Wildman–Crippen MR) is 79.1 cm³/mol. The molecule has 5 heteroatoms. The van der Waals surface area contributed by atoms with Crippen LogP contribution in [0.1, 0.15) is 24.4 Å². The van der Waals surface area contributed by atoms with Crippen LogP contribution in [0.4, 0.5) is 4.39 Å². The highest BCUT2D eigenvalue weighted by molar-refractivity contribution is 5.81. The van der Waals surface area contributed by atoms with Crippen molar-refractivity contribution in [2.45, 2.75) is 25.4 Å². The highest BCUT2D eigenvalue weighted by Gasteiger charge is 2.29. The Morgan fingerprint density at radius 3 is 2.86 bits per heavy atom. The molecule has 1 aromatic carbocycles. The lowest BCUT2D eigenvalue weighted by Crippen LogP contribution is -1.99. The molecular formula is C16H15FN4. The van der Waals surface area contributed by atoms with Gasteiger partial charge in [-0.15, -0.1) is 0 Å². The van der Waals surface area contributed by atoms with Crippen LogP contribution in [0.15, 0.2) is 36.7 Å². The molecule has 21 heavy (non-hydrogen) atoms. The number of fused-ring (bicyclic) bond motifs is 1.